The molecular weight excluding hydrogens is 334 g/mol. The van der Waals surface area contributed by atoms with Gasteiger partial charge in [-0.05, 0) is 57.9 Å². The van der Waals surface area contributed by atoms with Crippen LogP contribution in [-0.4, -0.2) is 52.5 Å². The number of aromatic nitrogens is 1. The molecule has 0 aliphatic carbocycles. The Hall–Kier alpha value is -1.43. The Labute approximate surface area is 155 Å². The number of fused-ring (bicyclic) bond motifs is 3. The van der Waals surface area contributed by atoms with Crippen molar-refractivity contribution in [2.45, 2.75) is 70.2 Å². The largest absolute Gasteiger partial charge is 0.444 e. The SMILES string of the molecule is CCCSc1ccc2c(n1)N1[C@H](C2)CN(C(=O)OC(C)(C)C)C[C@H]1C. The zero-order valence-electron chi connectivity index (χ0n) is 15.9. The number of rotatable bonds is 3. The van der Waals surface area contributed by atoms with Crippen LogP contribution < -0.4 is 4.90 Å². The Kier molecular flexibility index (Phi) is 5.19. The topological polar surface area (TPSA) is 45.7 Å². The molecule has 3 rings (SSSR count). The molecule has 0 aromatic carbocycles. The third kappa shape index (κ3) is 4.05. The van der Waals surface area contributed by atoms with E-state index in [1.165, 1.54) is 5.56 Å². The standard InChI is InChI=1S/C19H29N3O2S/c1-6-9-25-16-8-7-14-10-15-12-21(18(23)24-19(3,4)5)11-13(2)22(15)17(14)20-16/h7-8,13,15H,6,9-12H2,1-5H3/t13-,15-/m1/s1. The van der Waals surface area contributed by atoms with E-state index in [0.717, 1.165) is 29.4 Å². The summed E-state index contributed by atoms with van der Waals surface area (Å²) in [7, 11) is 0. The molecule has 1 aromatic heterocycles. The molecule has 1 aromatic rings. The van der Waals surface area contributed by atoms with E-state index in [-0.39, 0.29) is 12.1 Å². The molecule has 0 unspecified atom stereocenters. The monoisotopic (exact) mass is 363 g/mol. The predicted molar refractivity (Wildman–Crippen MR) is 102 cm³/mol. The third-order valence-electron chi connectivity index (χ3n) is 4.52. The summed E-state index contributed by atoms with van der Waals surface area (Å²) >= 11 is 1.82. The highest BCUT2D eigenvalue weighted by Crippen LogP contribution is 2.37. The lowest BCUT2D eigenvalue weighted by atomic mass is 10.1. The van der Waals surface area contributed by atoms with Gasteiger partial charge in [0.05, 0.1) is 11.1 Å². The van der Waals surface area contributed by atoms with Gasteiger partial charge < -0.3 is 14.5 Å². The maximum Gasteiger partial charge on any atom is 0.410 e. The summed E-state index contributed by atoms with van der Waals surface area (Å²) in [5, 5.41) is 1.10. The van der Waals surface area contributed by atoms with Gasteiger partial charge in [-0.1, -0.05) is 13.0 Å². The number of thioether (sulfide) groups is 1. The summed E-state index contributed by atoms with van der Waals surface area (Å²) in [5.74, 6) is 2.21. The minimum atomic E-state index is -0.455. The smallest absolute Gasteiger partial charge is 0.410 e. The van der Waals surface area contributed by atoms with Crippen molar-refractivity contribution in [3.63, 3.8) is 0 Å². The second kappa shape index (κ2) is 7.06. The molecule has 138 valence electrons. The highest BCUT2D eigenvalue weighted by molar-refractivity contribution is 7.99. The lowest BCUT2D eigenvalue weighted by molar-refractivity contribution is 0.0191. The minimum absolute atomic E-state index is 0.206. The first-order valence-corrected chi connectivity index (χ1v) is 10.2. The van der Waals surface area contributed by atoms with Gasteiger partial charge in [0.25, 0.3) is 0 Å². The highest BCUT2D eigenvalue weighted by Gasteiger charge is 2.41. The molecule has 1 saturated heterocycles. The molecule has 25 heavy (non-hydrogen) atoms. The number of piperazine rings is 1. The van der Waals surface area contributed by atoms with Crippen LogP contribution in [0.15, 0.2) is 17.2 Å². The number of hydrogen-bond acceptors (Lipinski definition) is 5. The van der Waals surface area contributed by atoms with Gasteiger partial charge in [0.2, 0.25) is 0 Å². The molecule has 0 radical (unpaired) electrons. The van der Waals surface area contributed by atoms with Crippen molar-refractivity contribution in [3.8, 4) is 0 Å². The summed E-state index contributed by atoms with van der Waals surface area (Å²) in [4.78, 5) is 21.6. The van der Waals surface area contributed by atoms with Crippen LogP contribution in [0, 0.1) is 0 Å². The van der Waals surface area contributed by atoms with Gasteiger partial charge in [-0.2, -0.15) is 0 Å². The molecule has 1 fully saturated rings. The molecule has 0 saturated carbocycles. The van der Waals surface area contributed by atoms with Crippen molar-refractivity contribution < 1.29 is 9.53 Å². The Bertz CT molecular complexity index is 644. The first-order valence-electron chi connectivity index (χ1n) is 9.17. The van der Waals surface area contributed by atoms with Gasteiger partial charge in [0.1, 0.15) is 11.4 Å². The molecule has 2 aliphatic rings. The second-order valence-corrected chi connectivity index (χ2v) is 9.10. The number of carbonyl (C=O) groups excluding carboxylic acids is 1. The summed E-state index contributed by atoms with van der Waals surface area (Å²) < 4.78 is 5.56. The fourth-order valence-corrected chi connectivity index (χ4v) is 4.32. The van der Waals surface area contributed by atoms with Gasteiger partial charge >= 0.3 is 6.09 Å². The summed E-state index contributed by atoms with van der Waals surface area (Å²) in [6, 6.07) is 4.88. The quantitative estimate of drug-likeness (QED) is 0.761. The van der Waals surface area contributed by atoms with Crippen LogP contribution >= 0.6 is 11.8 Å². The predicted octanol–water partition coefficient (Wildman–Crippen LogP) is 3.95. The van der Waals surface area contributed by atoms with Crippen molar-refractivity contribution in [1.82, 2.24) is 9.88 Å². The van der Waals surface area contributed by atoms with Gasteiger partial charge in [-0.3, -0.25) is 0 Å². The molecule has 2 aliphatic heterocycles. The number of nitrogens with zero attached hydrogens (tertiary/aromatic N) is 3. The first kappa shape index (κ1) is 18.4. The zero-order valence-corrected chi connectivity index (χ0v) is 16.7. The van der Waals surface area contributed by atoms with Gasteiger partial charge in [-0.25, -0.2) is 9.78 Å². The van der Waals surface area contributed by atoms with Gasteiger partial charge in [0, 0.05) is 19.1 Å². The van der Waals surface area contributed by atoms with Crippen LogP contribution in [0.5, 0.6) is 0 Å². The van der Waals surface area contributed by atoms with Crippen LogP contribution in [0.4, 0.5) is 10.6 Å². The fourth-order valence-electron chi connectivity index (χ4n) is 3.59. The first-order chi connectivity index (χ1) is 11.8. The maximum atomic E-state index is 12.5. The third-order valence-corrected chi connectivity index (χ3v) is 5.66. The number of carbonyl (C=O) groups is 1. The molecule has 1 amide bonds. The van der Waals surface area contributed by atoms with Crippen molar-refractivity contribution in [2.24, 2.45) is 0 Å². The lowest BCUT2D eigenvalue weighted by Gasteiger charge is -2.43. The van der Waals surface area contributed by atoms with Crippen LogP contribution in [0.2, 0.25) is 0 Å². The second-order valence-electron chi connectivity index (χ2n) is 7.98. The number of ether oxygens (including phenoxy) is 1. The molecule has 3 heterocycles. The highest BCUT2D eigenvalue weighted by atomic mass is 32.2. The van der Waals surface area contributed by atoms with Crippen LogP contribution in [0.1, 0.15) is 46.6 Å². The van der Waals surface area contributed by atoms with Crippen molar-refractivity contribution >= 4 is 23.7 Å². The Morgan fingerprint density at radius 1 is 1.36 bits per heavy atom. The van der Waals surface area contributed by atoms with Crippen molar-refractivity contribution in [3.05, 3.63) is 17.7 Å². The molecule has 0 N–H and O–H groups in total. The Morgan fingerprint density at radius 2 is 2.12 bits per heavy atom. The average molecular weight is 364 g/mol. The van der Waals surface area contributed by atoms with E-state index in [1.807, 2.05) is 37.4 Å². The normalized spacial score (nSPS) is 22.6. The van der Waals surface area contributed by atoms with Crippen molar-refractivity contribution in [1.29, 1.82) is 0 Å². The lowest BCUT2D eigenvalue weighted by Crippen LogP contribution is -2.58. The van der Waals surface area contributed by atoms with Crippen LogP contribution in [-0.2, 0) is 11.2 Å². The Balaban J connectivity index is 1.74. The van der Waals surface area contributed by atoms with E-state index in [4.69, 9.17) is 9.72 Å². The number of amides is 1. The summed E-state index contributed by atoms with van der Waals surface area (Å²) in [5.41, 5.74) is 0.840. The average Bonchev–Trinajstić information content (AvgIpc) is 2.89. The van der Waals surface area contributed by atoms with E-state index in [2.05, 4.69) is 30.9 Å². The minimum Gasteiger partial charge on any atom is -0.444 e. The molecule has 5 nitrogen and oxygen atoms in total. The van der Waals surface area contributed by atoms with E-state index in [0.29, 0.717) is 19.1 Å². The van der Waals surface area contributed by atoms with E-state index < -0.39 is 5.60 Å². The molecule has 2 atom stereocenters. The van der Waals surface area contributed by atoms with Crippen LogP contribution in [0.3, 0.4) is 0 Å². The fraction of sp³-hybridized carbons (Fsp3) is 0.684. The number of anilines is 1. The Morgan fingerprint density at radius 3 is 2.80 bits per heavy atom. The molecular formula is C19H29N3O2S. The van der Waals surface area contributed by atoms with E-state index >= 15 is 0 Å². The zero-order chi connectivity index (χ0) is 18.2. The van der Waals surface area contributed by atoms with E-state index in [9.17, 15) is 4.79 Å². The summed E-state index contributed by atoms with van der Waals surface area (Å²) in [6.07, 6.45) is 1.89. The van der Waals surface area contributed by atoms with Gasteiger partial charge in [0.15, 0.2) is 0 Å². The van der Waals surface area contributed by atoms with Gasteiger partial charge in [-0.15, -0.1) is 11.8 Å². The number of hydrogen-bond donors (Lipinski definition) is 0. The molecule has 0 spiro atoms. The van der Waals surface area contributed by atoms with Crippen LogP contribution in [0.25, 0.3) is 0 Å². The summed E-state index contributed by atoms with van der Waals surface area (Å²) in [6.45, 7) is 11.5. The molecule has 6 heteroatoms. The van der Waals surface area contributed by atoms with E-state index in [1.54, 1.807) is 0 Å². The molecule has 0 bridgehead atoms. The number of pyridine rings is 1. The maximum absolute atomic E-state index is 12.5. The van der Waals surface area contributed by atoms with Crippen molar-refractivity contribution in [2.75, 3.05) is 23.7 Å².